The first-order valence-electron chi connectivity index (χ1n) is 8.64. The molecule has 1 saturated heterocycles. The van der Waals surface area contributed by atoms with Gasteiger partial charge in [-0.2, -0.15) is 0 Å². The van der Waals surface area contributed by atoms with Crippen LogP contribution in [0.15, 0.2) is 36.4 Å². The molecule has 0 saturated carbocycles. The number of ether oxygens (including phenoxy) is 1. The molecule has 3 rings (SSSR count). The van der Waals surface area contributed by atoms with Crippen LogP contribution in [0.5, 0.6) is 0 Å². The van der Waals surface area contributed by atoms with Crippen LogP contribution < -0.4 is 10.2 Å². The standard InChI is InChI=1S/C18H20ClN5O3/c1-2-27-18(26)24-11-9-23(10-12-24)16-8-7-15(21-22-16)20-17(25)13-5-3-4-6-14(13)19/h3-8H,2,9-12H2,1H3,(H,20,21,25). The van der Waals surface area contributed by atoms with Crippen molar-refractivity contribution >= 4 is 35.2 Å². The zero-order chi connectivity index (χ0) is 19.2. The SMILES string of the molecule is CCOC(=O)N1CCN(c2ccc(NC(=O)c3ccccc3Cl)nn2)CC1. The predicted molar refractivity (Wildman–Crippen MR) is 102 cm³/mol. The van der Waals surface area contributed by atoms with Crippen molar-refractivity contribution in [3.63, 3.8) is 0 Å². The van der Waals surface area contributed by atoms with Gasteiger partial charge in [0.05, 0.1) is 17.2 Å². The highest BCUT2D eigenvalue weighted by molar-refractivity contribution is 6.34. The zero-order valence-electron chi connectivity index (χ0n) is 14.9. The van der Waals surface area contributed by atoms with E-state index in [1.54, 1.807) is 48.2 Å². The average Bonchev–Trinajstić information content (AvgIpc) is 2.69. The lowest BCUT2D eigenvalue weighted by Gasteiger charge is -2.34. The Morgan fingerprint density at radius 2 is 1.85 bits per heavy atom. The lowest BCUT2D eigenvalue weighted by Crippen LogP contribution is -2.49. The lowest BCUT2D eigenvalue weighted by atomic mass is 10.2. The molecule has 0 atom stereocenters. The van der Waals surface area contributed by atoms with Crippen LogP contribution >= 0.6 is 11.6 Å². The number of nitrogens with zero attached hydrogens (tertiary/aromatic N) is 4. The number of benzene rings is 1. The van der Waals surface area contributed by atoms with Crippen molar-refractivity contribution in [2.45, 2.75) is 6.92 Å². The Morgan fingerprint density at radius 3 is 2.48 bits per heavy atom. The minimum atomic E-state index is -0.342. The number of carbonyl (C=O) groups is 2. The number of rotatable bonds is 4. The first-order chi connectivity index (χ1) is 13.1. The van der Waals surface area contributed by atoms with Gasteiger partial charge in [-0.25, -0.2) is 4.79 Å². The second kappa shape index (κ2) is 8.68. The van der Waals surface area contributed by atoms with Crippen LogP contribution in [-0.2, 0) is 4.74 Å². The van der Waals surface area contributed by atoms with Crippen LogP contribution in [0.3, 0.4) is 0 Å². The summed E-state index contributed by atoms with van der Waals surface area (Å²) < 4.78 is 5.01. The summed E-state index contributed by atoms with van der Waals surface area (Å²) in [7, 11) is 0. The maximum Gasteiger partial charge on any atom is 0.409 e. The average molecular weight is 390 g/mol. The van der Waals surface area contributed by atoms with Gasteiger partial charge in [-0.15, -0.1) is 10.2 Å². The zero-order valence-corrected chi connectivity index (χ0v) is 15.6. The van der Waals surface area contributed by atoms with Crippen LogP contribution in [0, 0.1) is 0 Å². The molecule has 0 aliphatic carbocycles. The van der Waals surface area contributed by atoms with Crippen molar-refractivity contribution in [1.82, 2.24) is 15.1 Å². The molecule has 27 heavy (non-hydrogen) atoms. The van der Waals surface area contributed by atoms with Crippen molar-refractivity contribution in [2.75, 3.05) is 43.0 Å². The smallest absolute Gasteiger partial charge is 0.409 e. The molecule has 8 nitrogen and oxygen atoms in total. The summed E-state index contributed by atoms with van der Waals surface area (Å²) in [6.45, 7) is 4.55. The Kier molecular flexibility index (Phi) is 6.08. The van der Waals surface area contributed by atoms with Crippen LogP contribution in [0.1, 0.15) is 17.3 Å². The van der Waals surface area contributed by atoms with Gasteiger partial charge in [0.15, 0.2) is 11.6 Å². The van der Waals surface area contributed by atoms with E-state index in [0.717, 1.165) is 0 Å². The van der Waals surface area contributed by atoms with Crippen LogP contribution in [-0.4, -0.2) is 59.9 Å². The van der Waals surface area contributed by atoms with Crippen molar-refractivity contribution < 1.29 is 14.3 Å². The molecular formula is C18H20ClN5O3. The topological polar surface area (TPSA) is 87.7 Å². The number of hydrogen-bond donors (Lipinski definition) is 1. The van der Waals surface area contributed by atoms with Gasteiger partial charge in [-0.1, -0.05) is 23.7 Å². The maximum absolute atomic E-state index is 12.3. The van der Waals surface area contributed by atoms with Gasteiger partial charge in [-0.05, 0) is 31.2 Å². The van der Waals surface area contributed by atoms with Crippen LogP contribution in [0.4, 0.5) is 16.4 Å². The Bertz CT molecular complexity index is 807. The van der Waals surface area contributed by atoms with Crippen LogP contribution in [0.25, 0.3) is 0 Å². The van der Waals surface area contributed by atoms with E-state index in [1.165, 1.54) is 0 Å². The Hall–Kier alpha value is -2.87. The molecule has 0 radical (unpaired) electrons. The van der Waals surface area contributed by atoms with Gasteiger partial charge in [0.2, 0.25) is 0 Å². The number of anilines is 2. The molecule has 1 aromatic heterocycles. The normalized spacial score (nSPS) is 14.0. The van der Waals surface area contributed by atoms with Crippen LogP contribution in [0.2, 0.25) is 5.02 Å². The summed E-state index contributed by atoms with van der Waals surface area (Å²) in [5, 5.41) is 11.3. The summed E-state index contributed by atoms with van der Waals surface area (Å²) in [6.07, 6.45) is -0.291. The quantitative estimate of drug-likeness (QED) is 0.864. The molecule has 2 amide bonds. The monoisotopic (exact) mass is 389 g/mol. The number of amides is 2. The molecule has 142 valence electrons. The van der Waals surface area contributed by atoms with Crippen molar-refractivity contribution in [1.29, 1.82) is 0 Å². The summed E-state index contributed by atoms with van der Waals surface area (Å²) in [5.74, 6) is 0.689. The van der Waals surface area contributed by atoms with Crippen molar-refractivity contribution in [3.8, 4) is 0 Å². The number of aromatic nitrogens is 2. The highest BCUT2D eigenvalue weighted by atomic mass is 35.5. The highest BCUT2D eigenvalue weighted by Crippen LogP contribution is 2.18. The van der Waals surface area contributed by atoms with Gasteiger partial charge in [0.25, 0.3) is 5.91 Å². The predicted octanol–water partition coefficient (Wildman–Crippen LogP) is 2.66. The molecule has 1 fully saturated rings. The lowest BCUT2D eigenvalue weighted by molar-refractivity contribution is 0.102. The number of piperazine rings is 1. The summed E-state index contributed by atoms with van der Waals surface area (Å²) in [6, 6.07) is 10.3. The van der Waals surface area contributed by atoms with Gasteiger partial charge in [0, 0.05) is 26.2 Å². The molecule has 9 heteroatoms. The second-order valence-corrected chi connectivity index (χ2v) is 6.29. The number of carbonyl (C=O) groups excluding carboxylic acids is 2. The highest BCUT2D eigenvalue weighted by Gasteiger charge is 2.23. The van der Waals surface area contributed by atoms with Crippen molar-refractivity contribution in [3.05, 3.63) is 47.0 Å². The molecule has 1 aliphatic rings. The molecule has 0 bridgehead atoms. The summed E-state index contributed by atoms with van der Waals surface area (Å²) >= 11 is 6.03. The molecule has 1 aliphatic heterocycles. The van der Waals surface area contributed by atoms with E-state index < -0.39 is 0 Å². The van der Waals surface area contributed by atoms with E-state index >= 15 is 0 Å². The molecular weight excluding hydrogens is 370 g/mol. The molecule has 0 spiro atoms. The summed E-state index contributed by atoms with van der Waals surface area (Å²) in [5.41, 5.74) is 0.375. The fourth-order valence-electron chi connectivity index (χ4n) is 2.72. The molecule has 1 aromatic carbocycles. The van der Waals surface area contributed by atoms with E-state index in [1.807, 2.05) is 4.90 Å². The van der Waals surface area contributed by atoms with Gasteiger partial charge >= 0.3 is 6.09 Å². The number of nitrogens with one attached hydrogen (secondary N) is 1. The summed E-state index contributed by atoms with van der Waals surface area (Å²) in [4.78, 5) is 27.7. The minimum Gasteiger partial charge on any atom is -0.450 e. The first kappa shape index (κ1) is 18.9. The van der Waals surface area contributed by atoms with Gasteiger partial charge in [0.1, 0.15) is 0 Å². The van der Waals surface area contributed by atoms with Gasteiger partial charge < -0.3 is 19.9 Å². The third kappa shape index (κ3) is 4.65. The third-order valence-electron chi connectivity index (χ3n) is 4.14. The van der Waals surface area contributed by atoms with E-state index in [-0.39, 0.29) is 12.0 Å². The first-order valence-corrected chi connectivity index (χ1v) is 9.02. The molecule has 0 unspecified atom stereocenters. The van der Waals surface area contributed by atoms with E-state index in [4.69, 9.17) is 16.3 Å². The third-order valence-corrected chi connectivity index (χ3v) is 4.47. The Labute approximate surface area is 162 Å². The number of hydrogen-bond acceptors (Lipinski definition) is 6. The Balaban J connectivity index is 1.57. The van der Waals surface area contributed by atoms with E-state index in [9.17, 15) is 9.59 Å². The molecule has 1 N–H and O–H groups in total. The Morgan fingerprint density at radius 1 is 1.11 bits per heavy atom. The minimum absolute atomic E-state index is 0.291. The van der Waals surface area contributed by atoms with Gasteiger partial charge in [-0.3, -0.25) is 4.79 Å². The molecule has 2 heterocycles. The van der Waals surface area contributed by atoms with E-state index in [2.05, 4.69) is 15.5 Å². The largest absolute Gasteiger partial charge is 0.450 e. The van der Waals surface area contributed by atoms with Crippen molar-refractivity contribution in [2.24, 2.45) is 0 Å². The van der Waals surface area contributed by atoms with E-state index in [0.29, 0.717) is 55.0 Å². The fourth-order valence-corrected chi connectivity index (χ4v) is 2.94. The number of halogens is 1. The second-order valence-electron chi connectivity index (χ2n) is 5.88. The molecule has 2 aromatic rings. The maximum atomic E-state index is 12.3. The fraction of sp³-hybridized carbons (Fsp3) is 0.333.